The zero-order chi connectivity index (χ0) is 12.3. The van der Waals surface area contributed by atoms with E-state index in [1.165, 1.54) is 18.2 Å². The Morgan fingerprint density at radius 2 is 1.88 bits per heavy atom. The molecule has 2 N–H and O–H groups in total. The summed E-state index contributed by atoms with van der Waals surface area (Å²) < 4.78 is 10.9. The first kappa shape index (κ1) is 13.9. The molecule has 0 heterocycles. The molecular formula is C7H5Cl4N2O2P. The predicted octanol–water partition coefficient (Wildman–Crippen LogP) is 4.70. The van der Waals surface area contributed by atoms with Gasteiger partial charge in [0, 0.05) is 5.02 Å². The molecule has 88 valence electrons. The van der Waals surface area contributed by atoms with Gasteiger partial charge in [-0.25, -0.2) is 4.79 Å². The molecule has 9 heteroatoms. The molecular weight excluding hydrogens is 317 g/mol. The minimum atomic E-state index is -3.67. The molecule has 0 aliphatic heterocycles. The summed E-state index contributed by atoms with van der Waals surface area (Å²) in [5.74, 6) is -3.67. The smallest absolute Gasteiger partial charge is 0.306 e. The first-order valence-corrected chi connectivity index (χ1v) is 8.09. The van der Waals surface area contributed by atoms with Crippen LogP contribution in [0.5, 0.6) is 0 Å². The fraction of sp³-hybridized carbons (Fsp3) is 0. The maximum Gasteiger partial charge on any atom is 0.346 e. The zero-order valence-electron chi connectivity index (χ0n) is 7.51. The standard InChI is InChI=1S/C7H5Cl4N2O2P/c8-4-1-2-6(5(9)3-4)12-7(14)13-16(10,11)15/h1-3H,(H2,12,13,14,15). The van der Waals surface area contributed by atoms with Crippen LogP contribution in [-0.2, 0) is 4.57 Å². The average molecular weight is 322 g/mol. The second-order valence-corrected chi connectivity index (χ2v) is 8.02. The molecule has 0 aromatic heterocycles. The van der Waals surface area contributed by atoms with Gasteiger partial charge >= 0.3 is 12.0 Å². The van der Waals surface area contributed by atoms with E-state index in [1.807, 2.05) is 5.09 Å². The van der Waals surface area contributed by atoms with E-state index in [4.69, 9.17) is 45.7 Å². The van der Waals surface area contributed by atoms with Gasteiger partial charge in [-0.15, -0.1) is 0 Å². The molecule has 0 radical (unpaired) electrons. The monoisotopic (exact) mass is 320 g/mol. The first-order chi connectivity index (χ1) is 7.28. The van der Waals surface area contributed by atoms with Crippen molar-refractivity contribution < 1.29 is 9.36 Å². The third-order valence-electron chi connectivity index (χ3n) is 1.41. The third-order valence-corrected chi connectivity index (χ3v) is 2.93. The Morgan fingerprint density at radius 1 is 1.25 bits per heavy atom. The van der Waals surface area contributed by atoms with Crippen LogP contribution in [0.3, 0.4) is 0 Å². The molecule has 16 heavy (non-hydrogen) atoms. The van der Waals surface area contributed by atoms with Crippen LogP contribution in [0.2, 0.25) is 10.0 Å². The van der Waals surface area contributed by atoms with Crippen LogP contribution in [0.25, 0.3) is 0 Å². The van der Waals surface area contributed by atoms with Crippen LogP contribution < -0.4 is 10.4 Å². The Balaban J connectivity index is 2.74. The quantitative estimate of drug-likeness (QED) is 0.775. The summed E-state index contributed by atoms with van der Waals surface area (Å²) in [6.07, 6.45) is 0. The van der Waals surface area contributed by atoms with Gasteiger partial charge in [0.2, 0.25) is 0 Å². The number of amides is 2. The lowest BCUT2D eigenvalue weighted by molar-refractivity contribution is 0.256. The highest BCUT2D eigenvalue weighted by atomic mass is 35.9. The van der Waals surface area contributed by atoms with Crippen molar-refractivity contribution in [2.75, 3.05) is 5.32 Å². The molecule has 0 bridgehead atoms. The number of rotatable bonds is 2. The molecule has 0 fully saturated rings. The predicted molar refractivity (Wildman–Crippen MR) is 67.9 cm³/mol. The van der Waals surface area contributed by atoms with Crippen LogP contribution in [-0.4, -0.2) is 6.03 Å². The number of halogens is 4. The average Bonchev–Trinajstić information content (AvgIpc) is 2.06. The van der Waals surface area contributed by atoms with Gasteiger partial charge in [-0.3, -0.25) is 9.65 Å². The van der Waals surface area contributed by atoms with Crippen LogP contribution >= 0.6 is 51.7 Å². The SMILES string of the molecule is O=C(Nc1ccc(Cl)cc1Cl)NP(=O)(Cl)Cl. The van der Waals surface area contributed by atoms with Crippen LogP contribution in [0.1, 0.15) is 0 Å². The Bertz CT molecular complexity index is 462. The van der Waals surface area contributed by atoms with Gasteiger partial charge in [0.05, 0.1) is 10.7 Å². The number of anilines is 1. The summed E-state index contributed by atoms with van der Waals surface area (Å²) in [6.45, 7) is 0. The molecule has 0 saturated heterocycles. The molecule has 0 aliphatic carbocycles. The second kappa shape index (κ2) is 5.48. The Hall–Kier alpha value is -0.120. The van der Waals surface area contributed by atoms with E-state index in [0.29, 0.717) is 10.7 Å². The van der Waals surface area contributed by atoms with E-state index >= 15 is 0 Å². The highest BCUT2D eigenvalue weighted by Gasteiger charge is 2.17. The van der Waals surface area contributed by atoms with E-state index in [1.54, 1.807) is 0 Å². The van der Waals surface area contributed by atoms with Crippen molar-refractivity contribution in [3.63, 3.8) is 0 Å². The Kier molecular flexibility index (Phi) is 4.77. The third kappa shape index (κ3) is 4.81. The summed E-state index contributed by atoms with van der Waals surface area (Å²) >= 11 is 21.8. The van der Waals surface area contributed by atoms with Gasteiger partial charge < -0.3 is 5.32 Å². The van der Waals surface area contributed by atoms with E-state index in [2.05, 4.69) is 5.32 Å². The van der Waals surface area contributed by atoms with Gasteiger partial charge in [0.25, 0.3) is 0 Å². The van der Waals surface area contributed by atoms with Gasteiger partial charge in [-0.1, -0.05) is 23.2 Å². The normalized spacial score (nSPS) is 11.0. The number of hydrogen-bond acceptors (Lipinski definition) is 2. The molecule has 0 saturated carbocycles. The second-order valence-electron chi connectivity index (χ2n) is 2.65. The summed E-state index contributed by atoms with van der Waals surface area (Å²) in [7, 11) is 0. The van der Waals surface area contributed by atoms with E-state index in [9.17, 15) is 9.36 Å². The minimum Gasteiger partial charge on any atom is -0.306 e. The Labute approximate surface area is 111 Å². The number of carbonyl (C=O) groups is 1. The van der Waals surface area contributed by atoms with Crippen molar-refractivity contribution in [3.05, 3.63) is 28.2 Å². The van der Waals surface area contributed by atoms with Gasteiger partial charge in [-0.2, -0.15) is 0 Å². The van der Waals surface area contributed by atoms with Crippen molar-refractivity contribution in [3.8, 4) is 0 Å². The summed E-state index contributed by atoms with van der Waals surface area (Å²) in [5, 5.41) is 4.83. The highest BCUT2D eigenvalue weighted by molar-refractivity contribution is 8.07. The highest BCUT2D eigenvalue weighted by Crippen LogP contribution is 2.52. The molecule has 0 spiro atoms. The summed E-state index contributed by atoms with van der Waals surface area (Å²) in [4.78, 5) is 11.2. The van der Waals surface area contributed by atoms with E-state index < -0.39 is 12.0 Å². The molecule has 4 nitrogen and oxygen atoms in total. The maximum absolute atomic E-state index is 11.2. The van der Waals surface area contributed by atoms with Gasteiger partial charge in [-0.05, 0) is 40.7 Å². The molecule has 0 unspecified atom stereocenters. The topological polar surface area (TPSA) is 58.2 Å². The fourth-order valence-corrected chi connectivity index (χ4v) is 2.07. The largest absolute Gasteiger partial charge is 0.346 e. The van der Waals surface area contributed by atoms with Crippen molar-refractivity contribution in [1.82, 2.24) is 5.09 Å². The van der Waals surface area contributed by atoms with Crippen LogP contribution in [0, 0.1) is 0 Å². The molecule has 0 aliphatic rings. The molecule has 1 aromatic rings. The summed E-state index contributed by atoms with van der Waals surface area (Å²) in [5.41, 5.74) is 0.297. The molecule has 1 rings (SSSR count). The van der Waals surface area contributed by atoms with Crippen molar-refractivity contribution in [1.29, 1.82) is 0 Å². The first-order valence-electron chi connectivity index (χ1n) is 3.81. The van der Waals surface area contributed by atoms with E-state index in [-0.39, 0.29) is 5.02 Å². The number of carbonyl (C=O) groups excluding carboxylic acids is 1. The number of benzene rings is 1. The molecule has 2 amide bonds. The van der Waals surface area contributed by atoms with Gasteiger partial charge in [0.15, 0.2) is 0 Å². The number of hydrogen-bond donors (Lipinski definition) is 2. The molecule has 0 atom stereocenters. The Morgan fingerprint density at radius 3 is 2.38 bits per heavy atom. The van der Waals surface area contributed by atoms with Crippen LogP contribution in [0.4, 0.5) is 10.5 Å². The lowest BCUT2D eigenvalue weighted by Crippen LogP contribution is -2.23. The number of urea groups is 1. The van der Waals surface area contributed by atoms with Crippen molar-refractivity contribution >= 4 is 63.4 Å². The van der Waals surface area contributed by atoms with Crippen LogP contribution in [0.15, 0.2) is 18.2 Å². The van der Waals surface area contributed by atoms with Crippen molar-refractivity contribution in [2.45, 2.75) is 0 Å². The van der Waals surface area contributed by atoms with E-state index in [0.717, 1.165) is 0 Å². The number of nitrogens with one attached hydrogen (secondary N) is 2. The van der Waals surface area contributed by atoms with Gasteiger partial charge in [0.1, 0.15) is 0 Å². The summed E-state index contributed by atoms with van der Waals surface area (Å²) in [6, 6.07) is 3.64. The fourth-order valence-electron chi connectivity index (χ4n) is 0.859. The maximum atomic E-state index is 11.2. The minimum absolute atomic E-state index is 0.238. The lowest BCUT2D eigenvalue weighted by atomic mass is 10.3. The zero-order valence-corrected chi connectivity index (χ0v) is 11.4. The van der Waals surface area contributed by atoms with Crippen molar-refractivity contribution in [2.24, 2.45) is 0 Å². The lowest BCUT2D eigenvalue weighted by Gasteiger charge is -2.09. The molecule has 1 aromatic carbocycles.